The van der Waals surface area contributed by atoms with E-state index < -0.39 is 17.5 Å². The van der Waals surface area contributed by atoms with Gasteiger partial charge in [0.15, 0.2) is 11.6 Å². The monoisotopic (exact) mass is 393 g/mol. The standard InChI is InChI=1S/C13H7ClF2INO/c14-8-6-7(4-5-10(8)17)13(19)18-11-3-1-2-9(15)12(11)16/h1-6H,(H,18,19). The molecule has 0 aliphatic heterocycles. The van der Waals surface area contributed by atoms with Crippen molar-refractivity contribution in [3.63, 3.8) is 0 Å². The zero-order valence-electron chi connectivity index (χ0n) is 9.38. The Kier molecular flexibility index (Phi) is 4.36. The van der Waals surface area contributed by atoms with E-state index in [1.807, 2.05) is 22.6 Å². The molecule has 0 radical (unpaired) electrons. The molecule has 2 aromatic rings. The maximum Gasteiger partial charge on any atom is 0.255 e. The van der Waals surface area contributed by atoms with E-state index in [9.17, 15) is 13.6 Å². The number of hydrogen-bond acceptors (Lipinski definition) is 1. The van der Waals surface area contributed by atoms with Crippen LogP contribution in [0.3, 0.4) is 0 Å². The summed E-state index contributed by atoms with van der Waals surface area (Å²) in [6.45, 7) is 0. The molecule has 0 bridgehead atoms. The molecule has 0 aliphatic rings. The number of rotatable bonds is 2. The van der Waals surface area contributed by atoms with Gasteiger partial charge in [-0.2, -0.15) is 0 Å². The third-order valence-electron chi connectivity index (χ3n) is 2.38. The van der Waals surface area contributed by atoms with Crippen molar-refractivity contribution in [2.75, 3.05) is 5.32 Å². The van der Waals surface area contributed by atoms with E-state index in [0.717, 1.165) is 9.64 Å². The van der Waals surface area contributed by atoms with Gasteiger partial charge in [-0.15, -0.1) is 0 Å². The van der Waals surface area contributed by atoms with Crippen LogP contribution in [0, 0.1) is 15.2 Å². The highest BCUT2D eigenvalue weighted by molar-refractivity contribution is 14.1. The average Bonchev–Trinajstić information content (AvgIpc) is 2.38. The van der Waals surface area contributed by atoms with Crippen LogP contribution in [-0.2, 0) is 0 Å². The highest BCUT2D eigenvalue weighted by atomic mass is 127. The Morgan fingerprint density at radius 1 is 1.21 bits per heavy atom. The normalized spacial score (nSPS) is 10.3. The molecule has 6 heteroatoms. The smallest absolute Gasteiger partial charge is 0.255 e. The van der Waals surface area contributed by atoms with Gasteiger partial charge in [0.2, 0.25) is 0 Å². The van der Waals surface area contributed by atoms with Crippen LogP contribution in [0.25, 0.3) is 0 Å². The van der Waals surface area contributed by atoms with E-state index in [-0.39, 0.29) is 11.3 Å². The first-order valence-electron chi connectivity index (χ1n) is 5.19. The van der Waals surface area contributed by atoms with Gasteiger partial charge in [0.05, 0.1) is 10.7 Å². The van der Waals surface area contributed by atoms with E-state index >= 15 is 0 Å². The van der Waals surface area contributed by atoms with Gasteiger partial charge in [0.1, 0.15) is 0 Å². The minimum absolute atomic E-state index is 0.209. The van der Waals surface area contributed by atoms with E-state index in [1.165, 1.54) is 18.2 Å². The Hall–Kier alpha value is -1.21. The van der Waals surface area contributed by atoms with E-state index in [1.54, 1.807) is 12.1 Å². The first-order chi connectivity index (χ1) is 8.99. The molecule has 0 aromatic heterocycles. The van der Waals surface area contributed by atoms with Gasteiger partial charge in [-0.05, 0) is 52.9 Å². The lowest BCUT2D eigenvalue weighted by Crippen LogP contribution is -2.13. The van der Waals surface area contributed by atoms with Gasteiger partial charge in [0, 0.05) is 9.13 Å². The summed E-state index contributed by atoms with van der Waals surface area (Å²) in [4.78, 5) is 11.9. The summed E-state index contributed by atoms with van der Waals surface area (Å²) in [7, 11) is 0. The summed E-state index contributed by atoms with van der Waals surface area (Å²) in [5.41, 5.74) is 0.0637. The number of anilines is 1. The molecule has 0 atom stereocenters. The average molecular weight is 394 g/mol. The number of carbonyl (C=O) groups is 1. The summed E-state index contributed by atoms with van der Waals surface area (Å²) in [5.74, 6) is -2.66. The molecule has 0 saturated heterocycles. The Morgan fingerprint density at radius 3 is 2.63 bits per heavy atom. The lowest BCUT2D eigenvalue weighted by Gasteiger charge is -2.07. The predicted octanol–water partition coefficient (Wildman–Crippen LogP) is 4.48. The first kappa shape index (κ1) is 14.2. The molecule has 2 nitrogen and oxygen atoms in total. The fraction of sp³-hybridized carbons (Fsp3) is 0. The van der Waals surface area contributed by atoms with Crippen molar-refractivity contribution in [2.24, 2.45) is 0 Å². The number of halogens is 4. The molecule has 1 amide bonds. The fourth-order valence-corrected chi connectivity index (χ4v) is 1.95. The second-order valence-electron chi connectivity index (χ2n) is 3.68. The van der Waals surface area contributed by atoms with E-state index in [0.29, 0.717) is 5.02 Å². The molecular weight excluding hydrogens is 387 g/mol. The maximum absolute atomic E-state index is 13.4. The summed E-state index contributed by atoms with van der Waals surface area (Å²) in [6.07, 6.45) is 0. The van der Waals surface area contributed by atoms with Crippen molar-refractivity contribution < 1.29 is 13.6 Å². The van der Waals surface area contributed by atoms with Crippen LogP contribution in [-0.4, -0.2) is 5.91 Å². The second kappa shape index (κ2) is 5.83. The topological polar surface area (TPSA) is 29.1 Å². The molecule has 0 unspecified atom stereocenters. The van der Waals surface area contributed by atoms with Gasteiger partial charge in [-0.3, -0.25) is 4.79 Å². The minimum atomic E-state index is -1.09. The highest BCUT2D eigenvalue weighted by Gasteiger charge is 2.13. The number of carbonyl (C=O) groups excluding carboxylic acids is 1. The number of hydrogen-bond donors (Lipinski definition) is 1. The lowest BCUT2D eigenvalue weighted by molar-refractivity contribution is 0.102. The lowest BCUT2D eigenvalue weighted by atomic mass is 10.2. The molecule has 0 aliphatic carbocycles. The third kappa shape index (κ3) is 3.22. The maximum atomic E-state index is 13.4. The van der Waals surface area contributed by atoms with Crippen molar-refractivity contribution in [2.45, 2.75) is 0 Å². The number of benzene rings is 2. The Morgan fingerprint density at radius 2 is 1.95 bits per heavy atom. The van der Waals surface area contributed by atoms with E-state index in [2.05, 4.69) is 5.32 Å². The fourth-order valence-electron chi connectivity index (χ4n) is 1.43. The number of amides is 1. The van der Waals surface area contributed by atoms with Crippen LogP contribution >= 0.6 is 34.2 Å². The van der Waals surface area contributed by atoms with Gasteiger partial charge in [0.25, 0.3) is 5.91 Å². The van der Waals surface area contributed by atoms with Crippen molar-refractivity contribution >= 4 is 45.8 Å². The van der Waals surface area contributed by atoms with Crippen LogP contribution in [0.5, 0.6) is 0 Å². The van der Waals surface area contributed by atoms with Crippen LogP contribution in [0.4, 0.5) is 14.5 Å². The summed E-state index contributed by atoms with van der Waals surface area (Å²) >= 11 is 7.92. The van der Waals surface area contributed by atoms with Gasteiger partial charge >= 0.3 is 0 Å². The van der Waals surface area contributed by atoms with Crippen molar-refractivity contribution in [3.05, 3.63) is 62.2 Å². The zero-order chi connectivity index (χ0) is 14.0. The predicted molar refractivity (Wildman–Crippen MR) is 78.5 cm³/mol. The molecule has 1 N–H and O–H groups in total. The molecule has 0 saturated carbocycles. The summed E-state index contributed by atoms with van der Waals surface area (Å²) in [6, 6.07) is 8.27. The van der Waals surface area contributed by atoms with Crippen LogP contribution in [0.15, 0.2) is 36.4 Å². The molecular formula is C13H7ClF2INO. The molecule has 19 heavy (non-hydrogen) atoms. The van der Waals surface area contributed by atoms with Crippen LogP contribution in [0.2, 0.25) is 5.02 Å². The molecule has 0 spiro atoms. The third-order valence-corrected chi connectivity index (χ3v) is 3.95. The van der Waals surface area contributed by atoms with Crippen molar-refractivity contribution in [1.29, 1.82) is 0 Å². The molecule has 2 aromatic carbocycles. The summed E-state index contributed by atoms with van der Waals surface area (Å²) < 4.78 is 27.2. The van der Waals surface area contributed by atoms with E-state index in [4.69, 9.17) is 11.6 Å². The molecule has 0 fully saturated rings. The van der Waals surface area contributed by atoms with Gasteiger partial charge < -0.3 is 5.32 Å². The highest BCUT2D eigenvalue weighted by Crippen LogP contribution is 2.21. The van der Waals surface area contributed by atoms with Gasteiger partial charge in [-0.1, -0.05) is 17.7 Å². The Bertz CT molecular complexity index is 649. The molecule has 98 valence electrons. The molecule has 0 heterocycles. The van der Waals surface area contributed by atoms with Crippen LogP contribution < -0.4 is 5.32 Å². The second-order valence-corrected chi connectivity index (χ2v) is 5.25. The quantitative estimate of drug-likeness (QED) is 0.749. The largest absolute Gasteiger partial charge is 0.319 e. The first-order valence-corrected chi connectivity index (χ1v) is 6.65. The SMILES string of the molecule is O=C(Nc1cccc(F)c1F)c1ccc(I)c(Cl)c1. The van der Waals surface area contributed by atoms with Gasteiger partial charge in [-0.25, -0.2) is 8.78 Å². The molecule has 2 rings (SSSR count). The van der Waals surface area contributed by atoms with Crippen molar-refractivity contribution in [1.82, 2.24) is 0 Å². The Labute approximate surface area is 126 Å². The minimum Gasteiger partial charge on any atom is -0.319 e. The summed E-state index contributed by atoms with van der Waals surface area (Å²) in [5, 5.41) is 2.72. The Balaban J connectivity index is 2.26. The number of nitrogens with one attached hydrogen (secondary N) is 1. The van der Waals surface area contributed by atoms with Crippen molar-refractivity contribution in [3.8, 4) is 0 Å². The van der Waals surface area contributed by atoms with Crippen LogP contribution in [0.1, 0.15) is 10.4 Å². The zero-order valence-corrected chi connectivity index (χ0v) is 12.3.